The van der Waals surface area contributed by atoms with E-state index in [2.05, 4.69) is 17.1 Å². The number of benzene rings is 1. The Morgan fingerprint density at radius 1 is 0.917 bits per heavy atom. The molecule has 1 aliphatic heterocycles. The Bertz CT molecular complexity index is 1520. The highest BCUT2D eigenvalue weighted by Crippen LogP contribution is 2.80. The van der Waals surface area contributed by atoms with Gasteiger partial charge in [0.15, 0.2) is 11.2 Å². The number of esters is 3. The van der Waals surface area contributed by atoms with E-state index >= 15 is 0 Å². The second kappa shape index (κ2) is 11.5. The number of para-hydroxylation sites is 1. The van der Waals surface area contributed by atoms with Crippen LogP contribution >= 0.6 is 0 Å². The van der Waals surface area contributed by atoms with E-state index in [9.17, 15) is 19.2 Å². The number of carbonyl (C=O) groups excluding carboxylic acids is 4. The van der Waals surface area contributed by atoms with Gasteiger partial charge in [-0.05, 0) is 44.4 Å². The number of ether oxygens (including phenoxy) is 6. The maximum absolute atomic E-state index is 14.3. The first kappa shape index (κ1) is 33.4. The summed E-state index contributed by atoms with van der Waals surface area (Å²) < 4.78 is 39.1. The minimum atomic E-state index is -1.31. The van der Waals surface area contributed by atoms with Crippen LogP contribution in [0.25, 0.3) is 0 Å². The number of anilines is 1. The summed E-state index contributed by atoms with van der Waals surface area (Å²) in [6.45, 7) is 7.47. The van der Waals surface area contributed by atoms with Crippen molar-refractivity contribution in [3.63, 3.8) is 0 Å². The molecule has 1 aromatic carbocycles. The Balaban J connectivity index is 1.45. The first-order valence-corrected chi connectivity index (χ1v) is 17.2. The van der Waals surface area contributed by atoms with Gasteiger partial charge < -0.3 is 33.7 Å². The van der Waals surface area contributed by atoms with Crippen molar-refractivity contribution in [3.05, 3.63) is 29.8 Å². The molecule has 0 radical (unpaired) electrons. The van der Waals surface area contributed by atoms with Crippen LogP contribution < -0.4 is 5.32 Å². The quantitative estimate of drug-likeness (QED) is 0.306. The molecule has 12 unspecified atom stereocenters. The molecule has 5 saturated carbocycles. The first-order valence-electron chi connectivity index (χ1n) is 17.2. The largest absolute Gasteiger partial charge is 0.454 e. The predicted molar refractivity (Wildman–Crippen MR) is 171 cm³/mol. The number of nitrogens with one attached hydrogen (secondary N) is 1. The van der Waals surface area contributed by atoms with Gasteiger partial charge in [-0.1, -0.05) is 19.1 Å². The fourth-order valence-electron chi connectivity index (χ4n) is 12.4. The third kappa shape index (κ3) is 4.09. The van der Waals surface area contributed by atoms with Gasteiger partial charge in [-0.25, -0.2) is 4.79 Å². The molecule has 7 bridgehead atoms. The molecule has 1 N–H and O–H groups in total. The second-order valence-corrected chi connectivity index (χ2v) is 14.8. The van der Waals surface area contributed by atoms with Gasteiger partial charge in [-0.3, -0.25) is 19.3 Å². The summed E-state index contributed by atoms with van der Waals surface area (Å²) in [7, 11) is 5.04. The van der Waals surface area contributed by atoms with Crippen LogP contribution in [0.4, 0.5) is 5.69 Å². The highest BCUT2D eigenvalue weighted by molar-refractivity contribution is 6.00. The Morgan fingerprint density at radius 3 is 2.27 bits per heavy atom. The second-order valence-electron chi connectivity index (χ2n) is 14.8. The number of hydrogen-bond acceptors (Lipinski definition) is 11. The number of hydrogen-bond donors (Lipinski definition) is 1. The van der Waals surface area contributed by atoms with Crippen molar-refractivity contribution in [2.24, 2.45) is 29.1 Å². The topological polar surface area (TPSA) is 139 Å². The van der Waals surface area contributed by atoms with E-state index in [4.69, 9.17) is 28.4 Å². The number of carbonyl (C=O) groups is 4. The van der Waals surface area contributed by atoms with E-state index < -0.39 is 46.2 Å². The number of rotatable bonds is 9. The van der Waals surface area contributed by atoms with Gasteiger partial charge in [0, 0.05) is 90.2 Å². The summed E-state index contributed by atoms with van der Waals surface area (Å²) in [6, 6.07) is 6.77. The SMILES string of the molecule is CCN1CC2(OC(=O)c3ccccc3NC(C)=O)CCC(OC)C34C1C(CC23)C1(OC(C)=O)CC(OC)C2CC4C1(OC(C)=O)C2OC. The van der Waals surface area contributed by atoms with Gasteiger partial charge in [0.1, 0.15) is 11.7 Å². The van der Waals surface area contributed by atoms with E-state index in [0.29, 0.717) is 50.9 Å². The number of nitrogens with zero attached hydrogens (tertiary/aromatic N) is 1. The van der Waals surface area contributed by atoms with Crippen molar-refractivity contribution in [2.75, 3.05) is 39.7 Å². The van der Waals surface area contributed by atoms with Gasteiger partial charge in [-0.15, -0.1) is 0 Å². The molecule has 6 fully saturated rings. The van der Waals surface area contributed by atoms with Gasteiger partial charge in [0.2, 0.25) is 5.91 Å². The summed E-state index contributed by atoms with van der Waals surface area (Å²) in [5.41, 5.74) is -3.47. The van der Waals surface area contributed by atoms with Crippen LogP contribution in [0, 0.1) is 29.1 Å². The van der Waals surface area contributed by atoms with Crippen molar-refractivity contribution < 1.29 is 47.6 Å². The molecule has 1 aromatic rings. The summed E-state index contributed by atoms with van der Waals surface area (Å²) in [4.78, 5) is 55.2. The molecule has 0 aromatic heterocycles. The van der Waals surface area contributed by atoms with Crippen LogP contribution in [0.2, 0.25) is 0 Å². The number of fused-ring (bicyclic) bond motifs is 2. The molecule has 7 rings (SSSR count). The fraction of sp³-hybridized carbons (Fsp3) is 0.722. The van der Waals surface area contributed by atoms with Crippen molar-refractivity contribution >= 4 is 29.5 Å². The average molecular weight is 669 g/mol. The molecule has 12 atom stereocenters. The lowest BCUT2D eigenvalue weighted by Gasteiger charge is -2.71. The number of likely N-dealkylation sites (N-methyl/N-ethyl adjacent to an activating group) is 1. The van der Waals surface area contributed by atoms with Crippen molar-refractivity contribution in [1.29, 1.82) is 0 Å². The van der Waals surface area contributed by atoms with Crippen LogP contribution in [0.3, 0.4) is 0 Å². The fourth-order valence-corrected chi connectivity index (χ4v) is 12.4. The summed E-state index contributed by atoms with van der Waals surface area (Å²) >= 11 is 0. The molecule has 1 saturated heterocycles. The van der Waals surface area contributed by atoms with E-state index in [0.717, 1.165) is 0 Å². The third-order valence-corrected chi connectivity index (χ3v) is 13.2. The number of likely N-dealkylation sites (tertiary alicyclic amines) is 1. The molecule has 6 aliphatic rings. The minimum absolute atomic E-state index is 0.115. The van der Waals surface area contributed by atoms with E-state index in [-0.39, 0.29) is 53.4 Å². The highest BCUT2D eigenvalue weighted by atomic mass is 16.6. The van der Waals surface area contributed by atoms with Gasteiger partial charge >= 0.3 is 17.9 Å². The average Bonchev–Trinajstić information content (AvgIpc) is 3.46. The Kier molecular flexibility index (Phi) is 8.01. The molecule has 1 spiro atoms. The smallest absolute Gasteiger partial charge is 0.340 e. The van der Waals surface area contributed by atoms with Gasteiger partial charge in [0.05, 0.1) is 23.5 Å². The number of piperidine rings is 1. The van der Waals surface area contributed by atoms with Crippen LogP contribution in [0.5, 0.6) is 0 Å². The van der Waals surface area contributed by atoms with Crippen LogP contribution in [0.1, 0.15) is 70.2 Å². The van der Waals surface area contributed by atoms with Crippen molar-refractivity contribution in [2.45, 2.75) is 101 Å². The Morgan fingerprint density at radius 2 is 1.65 bits per heavy atom. The normalized spacial score (nSPS) is 43.3. The molecule has 5 aliphatic carbocycles. The summed E-state index contributed by atoms with van der Waals surface area (Å²) in [5.74, 6) is -2.74. The van der Waals surface area contributed by atoms with E-state index in [1.165, 1.54) is 20.8 Å². The lowest BCUT2D eigenvalue weighted by Crippen LogP contribution is -2.84. The molecule has 1 heterocycles. The first-order chi connectivity index (χ1) is 22.9. The molecular formula is C36H48N2O10. The van der Waals surface area contributed by atoms with Gasteiger partial charge in [0.25, 0.3) is 0 Å². The molecule has 262 valence electrons. The lowest BCUT2D eigenvalue weighted by molar-refractivity contribution is -0.341. The van der Waals surface area contributed by atoms with Crippen LogP contribution in [-0.2, 0) is 42.8 Å². The molecule has 48 heavy (non-hydrogen) atoms. The van der Waals surface area contributed by atoms with Crippen molar-refractivity contribution in [1.82, 2.24) is 4.90 Å². The summed E-state index contributed by atoms with van der Waals surface area (Å²) in [6.07, 6.45) is 1.55. The van der Waals surface area contributed by atoms with Gasteiger partial charge in [-0.2, -0.15) is 0 Å². The zero-order valence-corrected chi connectivity index (χ0v) is 28.9. The van der Waals surface area contributed by atoms with Crippen LogP contribution in [-0.4, -0.2) is 104 Å². The zero-order valence-electron chi connectivity index (χ0n) is 28.9. The van der Waals surface area contributed by atoms with E-state index in [1.54, 1.807) is 45.6 Å². The summed E-state index contributed by atoms with van der Waals surface area (Å²) in [5, 5.41) is 2.77. The van der Waals surface area contributed by atoms with Crippen molar-refractivity contribution in [3.8, 4) is 0 Å². The Labute approximate surface area is 281 Å². The Hall–Kier alpha value is -3.06. The number of amides is 1. The van der Waals surface area contributed by atoms with Crippen LogP contribution in [0.15, 0.2) is 24.3 Å². The molecule has 1 amide bonds. The third-order valence-electron chi connectivity index (χ3n) is 13.2. The monoisotopic (exact) mass is 668 g/mol. The molecule has 12 nitrogen and oxygen atoms in total. The molecule has 12 heteroatoms. The lowest BCUT2D eigenvalue weighted by atomic mass is 9.43. The van der Waals surface area contributed by atoms with E-state index in [1.807, 2.05) is 0 Å². The maximum atomic E-state index is 14.3. The standard InChI is InChI=1S/C36H48N2O10/c1-8-38-18-33(48-32(42)22-11-9-10-12-25(22)37-19(2)39)14-13-29(44-6)35-27(33)16-24(30(35)38)34(46-20(3)40)17-26(43-5)23-15-28(35)36(34,31(23)45-7)47-21(4)41/h9-12,23-24,26-31H,8,13-18H2,1-7H3,(H,37,39). The number of methoxy groups -OCH3 is 3. The maximum Gasteiger partial charge on any atom is 0.340 e. The minimum Gasteiger partial charge on any atom is -0.454 e. The molecular weight excluding hydrogens is 620 g/mol. The highest BCUT2D eigenvalue weighted by Gasteiger charge is 2.91. The predicted octanol–water partition coefficient (Wildman–Crippen LogP) is 3.36. The zero-order chi connectivity index (χ0) is 34.4.